The maximum atomic E-state index is 12.8. The molecule has 1 saturated carbocycles. The van der Waals surface area contributed by atoms with E-state index in [0.717, 1.165) is 37.8 Å². The highest BCUT2D eigenvalue weighted by atomic mass is 19.1. The van der Waals surface area contributed by atoms with E-state index < -0.39 is 30.3 Å². The van der Waals surface area contributed by atoms with E-state index in [1.807, 2.05) is 0 Å². The third-order valence-corrected chi connectivity index (χ3v) is 4.77. The Kier molecular flexibility index (Phi) is 8.10. The molecule has 3 amide bonds. The Hall–Kier alpha value is -2.77. The van der Waals surface area contributed by atoms with Crippen molar-refractivity contribution < 1.29 is 28.3 Å². The van der Waals surface area contributed by atoms with Crippen LogP contribution in [-0.2, 0) is 14.3 Å². The van der Waals surface area contributed by atoms with Crippen molar-refractivity contribution in [2.24, 2.45) is 5.92 Å². The molecule has 28 heavy (non-hydrogen) atoms. The number of ether oxygens (including phenoxy) is 1. The minimum Gasteiger partial charge on any atom is -0.456 e. The third kappa shape index (κ3) is 7.09. The number of nitrogens with one attached hydrogen (secondary N) is 2. The summed E-state index contributed by atoms with van der Waals surface area (Å²) in [5.41, 5.74) is 0.292. The molecule has 8 heteroatoms. The average Bonchev–Trinajstić information content (AvgIpc) is 2.66. The lowest BCUT2D eigenvalue weighted by Gasteiger charge is -2.29. The SMILES string of the molecule is C[C@@H]1CCCC[C@H]1NC(=O)NC(=O)COC(=O)CCC(=O)c1ccc(F)cc1. The second-order valence-corrected chi connectivity index (χ2v) is 6.98. The first-order valence-electron chi connectivity index (χ1n) is 9.40. The molecular weight excluding hydrogens is 367 g/mol. The maximum absolute atomic E-state index is 12.8. The standard InChI is InChI=1S/C20H25FN2O5/c1-13-4-2-3-5-16(13)22-20(27)23-18(25)12-28-19(26)11-10-17(24)14-6-8-15(21)9-7-14/h6-9,13,16H,2-5,10-12H2,1H3,(H2,22,23,25,27)/t13-,16-/m1/s1. The second-order valence-electron chi connectivity index (χ2n) is 6.98. The van der Waals surface area contributed by atoms with Gasteiger partial charge < -0.3 is 10.1 Å². The van der Waals surface area contributed by atoms with Crippen LogP contribution in [0.5, 0.6) is 0 Å². The number of amides is 3. The van der Waals surface area contributed by atoms with E-state index in [0.29, 0.717) is 11.5 Å². The van der Waals surface area contributed by atoms with Crippen LogP contribution >= 0.6 is 0 Å². The Balaban J connectivity index is 1.64. The van der Waals surface area contributed by atoms with Gasteiger partial charge in [-0.05, 0) is 43.0 Å². The topological polar surface area (TPSA) is 102 Å². The molecule has 7 nitrogen and oxygen atoms in total. The summed E-state index contributed by atoms with van der Waals surface area (Å²) < 4.78 is 17.6. The van der Waals surface area contributed by atoms with Gasteiger partial charge in [0.15, 0.2) is 12.4 Å². The van der Waals surface area contributed by atoms with Gasteiger partial charge in [-0.2, -0.15) is 0 Å². The number of Topliss-reactive ketones (excluding diaryl/α,β-unsaturated/α-hetero) is 1. The van der Waals surface area contributed by atoms with Crippen molar-refractivity contribution in [3.8, 4) is 0 Å². The normalized spacial score (nSPS) is 18.8. The molecular formula is C20H25FN2O5. The van der Waals surface area contributed by atoms with Gasteiger partial charge in [0.05, 0.1) is 6.42 Å². The maximum Gasteiger partial charge on any atom is 0.321 e. The number of urea groups is 1. The molecule has 0 heterocycles. The van der Waals surface area contributed by atoms with Gasteiger partial charge in [-0.3, -0.25) is 19.7 Å². The average molecular weight is 392 g/mol. The highest BCUT2D eigenvalue weighted by Crippen LogP contribution is 2.23. The van der Waals surface area contributed by atoms with Crippen LogP contribution in [0.1, 0.15) is 55.8 Å². The summed E-state index contributed by atoms with van der Waals surface area (Å²) in [6.45, 7) is 1.46. The molecule has 0 unspecified atom stereocenters. The summed E-state index contributed by atoms with van der Waals surface area (Å²) in [4.78, 5) is 47.1. The molecule has 1 fully saturated rings. The summed E-state index contributed by atoms with van der Waals surface area (Å²) in [6, 6.07) is 4.42. The summed E-state index contributed by atoms with van der Waals surface area (Å²) in [5, 5.41) is 4.90. The van der Waals surface area contributed by atoms with Gasteiger partial charge in [0.2, 0.25) is 0 Å². The first-order valence-corrected chi connectivity index (χ1v) is 9.40. The van der Waals surface area contributed by atoms with Crippen LogP contribution in [0.25, 0.3) is 0 Å². The highest BCUT2D eigenvalue weighted by molar-refractivity contribution is 5.98. The number of carbonyl (C=O) groups excluding carboxylic acids is 4. The number of halogens is 1. The van der Waals surface area contributed by atoms with Crippen molar-refractivity contribution in [1.29, 1.82) is 0 Å². The molecule has 2 N–H and O–H groups in total. The smallest absolute Gasteiger partial charge is 0.321 e. The van der Waals surface area contributed by atoms with Gasteiger partial charge in [0, 0.05) is 18.0 Å². The van der Waals surface area contributed by atoms with Gasteiger partial charge in [0.25, 0.3) is 5.91 Å². The number of ketones is 1. The van der Waals surface area contributed by atoms with E-state index in [1.54, 1.807) is 0 Å². The highest BCUT2D eigenvalue weighted by Gasteiger charge is 2.23. The van der Waals surface area contributed by atoms with Gasteiger partial charge in [-0.1, -0.05) is 19.8 Å². The van der Waals surface area contributed by atoms with E-state index in [4.69, 9.17) is 4.74 Å². The summed E-state index contributed by atoms with van der Waals surface area (Å²) in [7, 11) is 0. The number of hydrogen-bond acceptors (Lipinski definition) is 5. The zero-order valence-corrected chi connectivity index (χ0v) is 15.8. The molecule has 152 valence electrons. The van der Waals surface area contributed by atoms with Crippen molar-refractivity contribution >= 4 is 23.7 Å². The lowest BCUT2D eigenvalue weighted by Crippen LogP contribution is -2.48. The summed E-state index contributed by atoms with van der Waals surface area (Å²) >= 11 is 0. The lowest BCUT2D eigenvalue weighted by atomic mass is 9.86. The molecule has 1 aromatic rings. The van der Waals surface area contributed by atoms with Gasteiger partial charge in [-0.25, -0.2) is 9.18 Å². The molecule has 0 radical (unpaired) electrons. The van der Waals surface area contributed by atoms with Crippen LogP contribution in [0.3, 0.4) is 0 Å². The van der Waals surface area contributed by atoms with E-state index in [-0.39, 0.29) is 24.7 Å². The molecule has 0 saturated heterocycles. The molecule has 0 bridgehead atoms. The molecule has 2 atom stereocenters. The summed E-state index contributed by atoms with van der Waals surface area (Å²) in [6.07, 6.45) is 3.76. The Morgan fingerprint density at radius 3 is 2.43 bits per heavy atom. The van der Waals surface area contributed by atoms with Crippen LogP contribution < -0.4 is 10.6 Å². The van der Waals surface area contributed by atoms with Crippen molar-refractivity contribution in [3.63, 3.8) is 0 Å². The van der Waals surface area contributed by atoms with Crippen LogP contribution in [0.15, 0.2) is 24.3 Å². The fourth-order valence-corrected chi connectivity index (χ4v) is 3.11. The van der Waals surface area contributed by atoms with Crippen LogP contribution in [0.4, 0.5) is 9.18 Å². The second kappa shape index (κ2) is 10.5. The predicted octanol–water partition coefficient (Wildman–Crippen LogP) is 2.74. The first-order chi connectivity index (χ1) is 13.3. The molecule has 0 aliphatic heterocycles. The Morgan fingerprint density at radius 2 is 1.75 bits per heavy atom. The van der Waals surface area contributed by atoms with Crippen molar-refractivity contribution in [1.82, 2.24) is 10.6 Å². The van der Waals surface area contributed by atoms with Crippen molar-refractivity contribution in [2.75, 3.05) is 6.61 Å². The van der Waals surface area contributed by atoms with E-state index in [1.165, 1.54) is 12.1 Å². The molecule has 1 aromatic carbocycles. The molecule has 2 rings (SSSR count). The molecule has 1 aliphatic carbocycles. The Labute approximate surface area is 163 Å². The first kappa shape index (κ1) is 21.5. The van der Waals surface area contributed by atoms with Crippen LogP contribution in [0.2, 0.25) is 0 Å². The summed E-state index contributed by atoms with van der Waals surface area (Å²) in [5.74, 6) is -1.90. The zero-order valence-electron chi connectivity index (χ0n) is 15.8. The zero-order chi connectivity index (χ0) is 20.5. The minimum absolute atomic E-state index is 0.0292. The number of imide groups is 1. The number of carbonyl (C=O) groups is 4. The Bertz CT molecular complexity index is 720. The molecule has 0 aromatic heterocycles. The van der Waals surface area contributed by atoms with Crippen molar-refractivity contribution in [2.45, 2.75) is 51.5 Å². The largest absolute Gasteiger partial charge is 0.456 e. The number of rotatable bonds is 7. The molecule has 1 aliphatic rings. The fourth-order valence-electron chi connectivity index (χ4n) is 3.11. The Morgan fingerprint density at radius 1 is 1.07 bits per heavy atom. The van der Waals surface area contributed by atoms with Gasteiger partial charge in [-0.15, -0.1) is 0 Å². The van der Waals surface area contributed by atoms with Crippen LogP contribution in [-0.4, -0.2) is 36.3 Å². The van der Waals surface area contributed by atoms with E-state index >= 15 is 0 Å². The number of esters is 1. The minimum atomic E-state index is -0.737. The van der Waals surface area contributed by atoms with Gasteiger partial charge in [0.1, 0.15) is 5.82 Å². The third-order valence-electron chi connectivity index (χ3n) is 4.77. The van der Waals surface area contributed by atoms with E-state index in [2.05, 4.69) is 17.6 Å². The molecule has 0 spiro atoms. The monoisotopic (exact) mass is 392 g/mol. The lowest BCUT2D eigenvalue weighted by molar-refractivity contribution is -0.148. The van der Waals surface area contributed by atoms with Crippen LogP contribution in [0, 0.1) is 11.7 Å². The number of benzene rings is 1. The van der Waals surface area contributed by atoms with E-state index in [9.17, 15) is 23.6 Å². The number of hydrogen-bond donors (Lipinski definition) is 2. The predicted molar refractivity (Wildman–Crippen MR) is 99.0 cm³/mol. The van der Waals surface area contributed by atoms with Gasteiger partial charge >= 0.3 is 12.0 Å². The van der Waals surface area contributed by atoms with Crippen molar-refractivity contribution in [3.05, 3.63) is 35.6 Å². The quantitative estimate of drug-likeness (QED) is 0.549. The fraction of sp³-hybridized carbons (Fsp3) is 0.500.